The van der Waals surface area contributed by atoms with Crippen LogP contribution in [-0.2, 0) is 19.1 Å². The molecule has 4 heteroatoms. The van der Waals surface area contributed by atoms with Crippen molar-refractivity contribution in [3.05, 3.63) is 12.2 Å². The maximum absolute atomic E-state index is 11.5. The third-order valence-electron chi connectivity index (χ3n) is 2.60. The molecular weight excluding hydrogens is 256 g/mol. The summed E-state index contributed by atoms with van der Waals surface area (Å²) in [5, 5.41) is 0. The zero-order chi connectivity index (χ0) is 15.7. The highest BCUT2D eigenvalue weighted by Crippen LogP contribution is 2.09. The molecule has 2 atom stereocenters. The topological polar surface area (TPSA) is 52.6 Å². The summed E-state index contributed by atoms with van der Waals surface area (Å²) in [6.45, 7) is 11.9. The Morgan fingerprint density at radius 3 is 1.30 bits per heavy atom. The second-order valence-corrected chi connectivity index (χ2v) is 6.09. The van der Waals surface area contributed by atoms with Crippen LogP contribution in [-0.4, -0.2) is 24.1 Å². The van der Waals surface area contributed by atoms with E-state index in [1.165, 1.54) is 0 Å². The molecule has 20 heavy (non-hydrogen) atoms. The van der Waals surface area contributed by atoms with Gasteiger partial charge in [-0.05, 0) is 38.5 Å². The van der Waals surface area contributed by atoms with Crippen molar-refractivity contribution < 1.29 is 19.1 Å². The lowest BCUT2D eigenvalue weighted by atomic mass is 10.1. The van der Waals surface area contributed by atoms with E-state index >= 15 is 0 Å². The molecule has 0 bridgehead atoms. The Labute approximate surface area is 122 Å². The van der Waals surface area contributed by atoms with E-state index in [-0.39, 0.29) is 12.2 Å². The molecule has 4 nitrogen and oxygen atoms in total. The van der Waals surface area contributed by atoms with Gasteiger partial charge in [0.05, 0.1) is 12.2 Å². The van der Waals surface area contributed by atoms with Crippen LogP contribution in [0.3, 0.4) is 0 Å². The van der Waals surface area contributed by atoms with Crippen molar-refractivity contribution in [2.75, 3.05) is 0 Å². The average molecular weight is 284 g/mol. The molecule has 0 spiro atoms. The summed E-state index contributed by atoms with van der Waals surface area (Å²) in [6.07, 6.45) is 3.55. The van der Waals surface area contributed by atoms with E-state index in [0.717, 1.165) is 25.0 Å². The first-order chi connectivity index (χ1) is 9.20. The third kappa shape index (κ3) is 10.6. The average Bonchev–Trinajstić information content (AvgIpc) is 2.23. The molecule has 0 aromatic heterocycles. The van der Waals surface area contributed by atoms with E-state index in [4.69, 9.17) is 9.47 Å². The molecule has 116 valence electrons. The molecule has 0 aliphatic carbocycles. The van der Waals surface area contributed by atoms with E-state index in [1.807, 2.05) is 13.8 Å². The molecule has 0 aliphatic rings. The first-order valence-electron chi connectivity index (χ1n) is 7.30. The minimum Gasteiger partial charge on any atom is -0.460 e. The van der Waals surface area contributed by atoms with Crippen LogP contribution in [0.25, 0.3) is 0 Å². The second-order valence-electron chi connectivity index (χ2n) is 6.09. The van der Waals surface area contributed by atoms with Gasteiger partial charge in [-0.3, -0.25) is 0 Å². The largest absolute Gasteiger partial charge is 0.460 e. The minimum absolute atomic E-state index is 0.150. The minimum atomic E-state index is -0.508. The Balaban J connectivity index is 4.08. The van der Waals surface area contributed by atoms with Gasteiger partial charge in [-0.1, -0.05) is 27.7 Å². The van der Waals surface area contributed by atoms with Crippen LogP contribution in [0.15, 0.2) is 12.2 Å². The summed E-state index contributed by atoms with van der Waals surface area (Å²) in [4.78, 5) is 23.0. The number of hydrogen-bond acceptors (Lipinski definition) is 4. The fourth-order valence-corrected chi connectivity index (χ4v) is 2.04. The van der Waals surface area contributed by atoms with Gasteiger partial charge in [-0.25, -0.2) is 9.59 Å². The molecular formula is C16H28O4. The molecule has 2 unspecified atom stereocenters. The van der Waals surface area contributed by atoms with Crippen LogP contribution in [0.5, 0.6) is 0 Å². The Morgan fingerprint density at radius 2 is 1.05 bits per heavy atom. The Morgan fingerprint density at radius 1 is 0.750 bits per heavy atom. The highest BCUT2D eigenvalue weighted by atomic mass is 16.5. The maximum atomic E-state index is 11.5. The monoisotopic (exact) mass is 284 g/mol. The summed E-state index contributed by atoms with van der Waals surface area (Å²) < 4.78 is 10.3. The SMILES string of the molecule is CC(C)CC(C)OC(=O)/C=C\C(=O)OC(C)CC(C)C. The Kier molecular flexibility index (Phi) is 8.93. The van der Waals surface area contributed by atoms with Crippen LogP contribution in [0.1, 0.15) is 54.4 Å². The fraction of sp³-hybridized carbons (Fsp3) is 0.750. The highest BCUT2D eigenvalue weighted by molar-refractivity contribution is 5.91. The maximum Gasteiger partial charge on any atom is 0.331 e. The summed E-state index contributed by atoms with van der Waals surface area (Å²) in [6, 6.07) is 0. The van der Waals surface area contributed by atoms with Crippen LogP contribution >= 0.6 is 0 Å². The van der Waals surface area contributed by atoms with Gasteiger partial charge in [0.15, 0.2) is 0 Å². The molecule has 0 aliphatic heterocycles. The van der Waals surface area contributed by atoms with E-state index in [2.05, 4.69) is 27.7 Å². The molecule has 0 saturated heterocycles. The molecule has 0 rings (SSSR count). The molecule has 0 heterocycles. The molecule has 0 amide bonds. The van der Waals surface area contributed by atoms with Gasteiger partial charge < -0.3 is 9.47 Å². The highest BCUT2D eigenvalue weighted by Gasteiger charge is 2.11. The normalized spacial score (nSPS) is 14.6. The fourth-order valence-electron chi connectivity index (χ4n) is 2.04. The van der Waals surface area contributed by atoms with E-state index in [1.54, 1.807) is 0 Å². The zero-order valence-corrected chi connectivity index (χ0v) is 13.5. The number of ether oxygens (including phenoxy) is 2. The van der Waals surface area contributed by atoms with Crippen LogP contribution in [0.2, 0.25) is 0 Å². The molecule has 0 aromatic rings. The van der Waals surface area contributed by atoms with Gasteiger partial charge in [0.2, 0.25) is 0 Å². The van der Waals surface area contributed by atoms with Crippen LogP contribution < -0.4 is 0 Å². The quantitative estimate of drug-likeness (QED) is 0.505. The zero-order valence-electron chi connectivity index (χ0n) is 13.5. The van der Waals surface area contributed by atoms with Crippen molar-refractivity contribution in [1.82, 2.24) is 0 Å². The molecule has 0 N–H and O–H groups in total. The van der Waals surface area contributed by atoms with Crippen molar-refractivity contribution in [2.24, 2.45) is 11.8 Å². The molecule has 0 saturated carbocycles. The van der Waals surface area contributed by atoms with E-state index in [9.17, 15) is 9.59 Å². The van der Waals surface area contributed by atoms with E-state index < -0.39 is 11.9 Å². The smallest absolute Gasteiger partial charge is 0.331 e. The number of carbonyl (C=O) groups is 2. The second kappa shape index (κ2) is 9.56. The number of esters is 2. The van der Waals surface area contributed by atoms with Gasteiger partial charge in [-0.2, -0.15) is 0 Å². The van der Waals surface area contributed by atoms with Crippen molar-refractivity contribution in [2.45, 2.75) is 66.6 Å². The lowest BCUT2D eigenvalue weighted by Gasteiger charge is -2.14. The van der Waals surface area contributed by atoms with Gasteiger partial charge in [0, 0.05) is 12.2 Å². The first kappa shape index (κ1) is 18.7. The van der Waals surface area contributed by atoms with Gasteiger partial charge in [0.1, 0.15) is 0 Å². The summed E-state index contributed by atoms with van der Waals surface area (Å²) in [7, 11) is 0. The number of hydrogen-bond donors (Lipinski definition) is 0. The number of carbonyl (C=O) groups excluding carboxylic acids is 2. The van der Waals surface area contributed by atoms with Gasteiger partial charge in [-0.15, -0.1) is 0 Å². The van der Waals surface area contributed by atoms with Gasteiger partial charge >= 0.3 is 11.9 Å². The summed E-state index contributed by atoms with van der Waals surface area (Å²) >= 11 is 0. The number of rotatable bonds is 8. The van der Waals surface area contributed by atoms with Crippen molar-refractivity contribution in [3.63, 3.8) is 0 Å². The van der Waals surface area contributed by atoms with E-state index in [0.29, 0.717) is 11.8 Å². The molecule has 0 radical (unpaired) electrons. The molecule has 0 fully saturated rings. The lowest BCUT2D eigenvalue weighted by Crippen LogP contribution is -2.17. The molecule has 0 aromatic carbocycles. The Hall–Kier alpha value is -1.32. The summed E-state index contributed by atoms with van der Waals surface area (Å²) in [5.74, 6) is -0.0921. The van der Waals surface area contributed by atoms with Gasteiger partial charge in [0.25, 0.3) is 0 Å². The van der Waals surface area contributed by atoms with Crippen LogP contribution in [0.4, 0.5) is 0 Å². The van der Waals surface area contributed by atoms with Crippen molar-refractivity contribution in [3.8, 4) is 0 Å². The predicted molar refractivity (Wildman–Crippen MR) is 79.2 cm³/mol. The predicted octanol–water partition coefficient (Wildman–Crippen LogP) is 3.50. The Bertz CT molecular complexity index is 299. The third-order valence-corrected chi connectivity index (χ3v) is 2.60. The standard InChI is InChI=1S/C16H28O4/c1-11(2)9-13(5)19-15(17)7-8-16(18)20-14(6)10-12(3)4/h7-8,11-14H,9-10H2,1-6H3/b8-7-. The van der Waals surface area contributed by atoms with Crippen molar-refractivity contribution in [1.29, 1.82) is 0 Å². The first-order valence-corrected chi connectivity index (χ1v) is 7.30. The van der Waals surface area contributed by atoms with Crippen LogP contribution in [0, 0.1) is 11.8 Å². The lowest BCUT2D eigenvalue weighted by molar-refractivity contribution is -0.145. The summed E-state index contributed by atoms with van der Waals surface area (Å²) in [5.41, 5.74) is 0. The van der Waals surface area contributed by atoms with Crippen molar-refractivity contribution >= 4 is 11.9 Å².